The minimum atomic E-state index is -0.138. The number of amides is 1. The first kappa shape index (κ1) is 20.9. The van der Waals surface area contributed by atoms with E-state index in [-0.39, 0.29) is 16.7 Å². The maximum Gasteiger partial charge on any atom is 0.259 e. The third kappa shape index (κ3) is 4.39. The number of H-pyrrole nitrogens is 1. The second-order valence-electron chi connectivity index (χ2n) is 8.23. The number of carbonyl (C=O) groups is 1. The van der Waals surface area contributed by atoms with Gasteiger partial charge >= 0.3 is 0 Å². The van der Waals surface area contributed by atoms with Gasteiger partial charge in [-0.3, -0.25) is 14.5 Å². The van der Waals surface area contributed by atoms with Gasteiger partial charge in [-0.2, -0.15) is 0 Å². The number of thiophene rings is 1. The van der Waals surface area contributed by atoms with Gasteiger partial charge in [0, 0.05) is 37.1 Å². The molecule has 1 N–H and O–H groups in total. The van der Waals surface area contributed by atoms with Crippen LogP contribution in [0.25, 0.3) is 10.2 Å². The minimum Gasteiger partial charge on any atom is -0.339 e. The van der Waals surface area contributed by atoms with Gasteiger partial charge in [0.05, 0.1) is 16.4 Å². The Labute approximate surface area is 180 Å². The van der Waals surface area contributed by atoms with Crippen molar-refractivity contribution in [3.8, 4) is 0 Å². The lowest BCUT2D eigenvalue weighted by atomic mass is 10.2. The molecular formula is C21H30N4O2S2. The molecule has 2 aliphatic rings. The van der Waals surface area contributed by atoms with E-state index in [9.17, 15) is 9.59 Å². The second kappa shape index (κ2) is 8.78. The fraction of sp³-hybridized carbons (Fsp3) is 0.667. The van der Waals surface area contributed by atoms with E-state index in [0.717, 1.165) is 47.5 Å². The fourth-order valence-corrected chi connectivity index (χ4v) is 6.36. The molecule has 0 spiro atoms. The molecule has 1 saturated heterocycles. The molecule has 1 amide bonds. The normalized spacial score (nSPS) is 19.9. The number of rotatable bonds is 5. The van der Waals surface area contributed by atoms with Crippen molar-refractivity contribution in [1.82, 2.24) is 19.8 Å². The van der Waals surface area contributed by atoms with E-state index < -0.39 is 0 Å². The highest BCUT2D eigenvalue weighted by Gasteiger charge is 2.29. The monoisotopic (exact) mass is 434 g/mol. The summed E-state index contributed by atoms with van der Waals surface area (Å²) in [6.45, 7) is 9.60. The Bertz CT molecular complexity index is 940. The molecule has 2 aromatic rings. The van der Waals surface area contributed by atoms with Crippen molar-refractivity contribution < 1.29 is 4.79 Å². The van der Waals surface area contributed by atoms with Gasteiger partial charge in [-0.15, -0.1) is 23.1 Å². The lowest BCUT2D eigenvalue weighted by Gasteiger charge is -2.38. The number of aryl methyl sites for hydroxylation is 2. The van der Waals surface area contributed by atoms with Crippen molar-refractivity contribution in [2.24, 2.45) is 0 Å². The average Bonchev–Trinajstić information content (AvgIpc) is 3.34. The molecule has 8 heteroatoms. The zero-order chi connectivity index (χ0) is 20.5. The second-order valence-corrected chi connectivity index (χ2v) is 10.8. The van der Waals surface area contributed by atoms with Crippen LogP contribution in [-0.2, 0) is 10.5 Å². The van der Waals surface area contributed by atoms with Crippen molar-refractivity contribution in [3.63, 3.8) is 0 Å². The van der Waals surface area contributed by atoms with E-state index in [1.165, 1.54) is 25.7 Å². The van der Waals surface area contributed by atoms with Gasteiger partial charge in [-0.1, -0.05) is 12.8 Å². The van der Waals surface area contributed by atoms with E-state index in [4.69, 9.17) is 0 Å². The van der Waals surface area contributed by atoms with Crippen molar-refractivity contribution in [3.05, 3.63) is 26.6 Å². The molecule has 2 fully saturated rings. The molecular weight excluding hydrogens is 404 g/mol. The number of hydrogen-bond donors (Lipinski definition) is 1. The van der Waals surface area contributed by atoms with E-state index in [2.05, 4.69) is 14.9 Å². The van der Waals surface area contributed by atoms with Gasteiger partial charge in [-0.05, 0) is 39.2 Å². The Morgan fingerprint density at radius 1 is 1.24 bits per heavy atom. The molecule has 6 nitrogen and oxygen atoms in total. The van der Waals surface area contributed by atoms with Crippen LogP contribution in [-0.4, -0.2) is 63.1 Å². The molecule has 0 radical (unpaired) electrons. The first-order valence-corrected chi connectivity index (χ1v) is 12.4. The summed E-state index contributed by atoms with van der Waals surface area (Å²) in [7, 11) is 0. The maximum absolute atomic E-state index is 12.9. The van der Waals surface area contributed by atoms with Crippen LogP contribution in [0.1, 0.15) is 48.9 Å². The van der Waals surface area contributed by atoms with Crippen LogP contribution in [0.5, 0.6) is 0 Å². The molecule has 4 rings (SSSR count). The molecule has 1 saturated carbocycles. The summed E-state index contributed by atoms with van der Waals surface area (Å²) < 4.78 is 0. The number of hydrogen-bond acceptors (Lipinski definition) is 6. The van der Waals surface area contributed by atoms with Crippen molar-refractivity contribution in [1.29, 1.82) is 0 Å². The topological polar surface area (TPSA) is 69.3 Å². The first-order valence-electron chi connectivity index (χ1n) is 10.6. The Balaban J connectivity index is 1.32. The van der Waals surface area contributed by atoms with E-state index >= 15 is 0 Å². The van der Waals surface area contributed by atoms with Crippen LogP contribution in [0.4, 0.5) is 0 Å². The molecule has 0 unspecified atom stereocenters. The third-order valence-electron chi connectivity index (χ3n) is 6.37. The van der Waals surface area contributed by atoms with Crippen LogP contribution >= 0.6 is 23.1 Å². The van der Waals surface area contributed by atoms with Crippen molar-refractivity contribution >= 4 is 39.2 Å². The van der Waals surface area contributed by atoms with Gasteiger partial charge in [0.25, 0.3) is 5.56 Å². The van der Waals surface area contributed by atoms with E-state index in [1.807, 2.05) is 25.7 Å². The number of nitrogens with zero attached hydrogens (tertiary/aromatic N) is 3. The average molecular weight is 435 g/mol. The van der Waals surface area contributed by atoms with Crippen LogP contribution in [0, 0.1) is 13.8 Å². The zero-order valence-corrected chi connectivity index (χ0v) is 19.1. The van der Waals surface area contributed by atoms with Gasteiger partial charge in [-0.25, -0.2) is 4.98 Å². The standard InChI is InChI=1S/C21H30N4O2S2/c1-13-14(2)29-20-18(13)19(26)22-17(23-20)12-28-15(3)21(27)25-10-8-24(9-11-25)16-6-4-5-7-16/h15-16H,4-12H2,1-3H3,(H,22,23,26)/t15-/m1/s1. The molecule has 2 aromatic heterocycles. The summed E-state index contributed by atoms with van der Waals surface area (Å²) in [4.78, 5) is 39.3. The lowest BCUT2D eigenvalue weighted by Crippen LogP contribution is -2.52. The highest BCUT2D eigenvalue weighted by Crippen LogP contribution is 2.27. The molecule has 158 valence electrons. The quantitative estimate of drug-likeness (QED) is 0.782. The molecule has 29 heavy (non-hydrogen) atoms. The van der Waals surface area contributed by atoms with Gasteiger partial charge in [0.15, 0.2) is 0 Å². The van der Waals surface area contributed by atoms with Crippen molar-refractivity contribution in [2.45, 2.75) is 63.5 Å². The predicted octanol–water partition coefficient (Wildman–Crippen LogP) is 3.31. The number of thioether (sulfide) groups is 1. The number of fused-ring (bicyclic) bond motifs is 1. The van der Waals surface area contributed by atoms with Crippen LogP contribution in [0.3, 0.4) is 0 Å². The molecule has 1 atom stereocenters. The van der Waals surface area contributed by atoms with E-state index in [0.29, 0.717) is 17.0 Å². The molecule has 1 aliphatic carbocycles. The predicted molar refractivity (Wildman–Crippen MR) is 121 cm³/mol. The smallest absolute Gasteiger partial charge is 0.259 e. The zero-order valence-electron chi connectivity index (χ0n) is 17.5. The Morgan fingerprint density at radius 2 is 1.93 bits per heavy atom. The summed E-state index contributed by atoms with van der Waals surface area (Å²) in [5, 5.41) is 0.561. The molecule has 0 aromatic carbocycles. The fourth-order valence-electron chi connectivity index (χ4n) is 4.48. The summed E-state index contributed by atoms with van der Waals surface area (Å²) in [5.41, 5.74) is 0.938. The van der Waals surface area contributed by atoms with Gasteiger partial charge < -0.3 is 9.88 Å². The number of carbonyl (C=O) groups excluding carboxylic acids is 1. The number of aromatic amines is 1. The number of aromatic nitrogens is 2. The third-order valence-corrected chi connectivity index (χ3v) is 8.62. The number of nitrogens with one attached hydrogen (secondary N) is 1. The minimum absolute atomic E-state index is 0.0746. The maximum atomic E-state index is 12.9. The highest BCUT2D eigenvalue weighted by atomic mass is 32.2. The summed E-state index contributed by atoms with van der Waals surface area (Å²) >= 11 is 3.11. The summed E-state index contributed by atoms with van der Waals surface area (Å²) in [6.07, 6.45) is 5.34. The Hall–Kier alpha value is -1.38. The van der Waals surface area contributed by atoms with Gasteiger partial charge in [0.1, 0.15) is 10.7 Å². The lowest BCUT2D eigenvalue weighted by molar-refractivity contribution is -0.132. The SMILES string of the molecule is Cc1sc2nc(CS[C@H](C)C(=O)N3CCN(C4CCCC4)CC3)[nH]c(=O)c2c1C. The van der Waals surface area contributed by atoms with E-state index in [1.54, 1.807) is 23.1 Å². The summed E-state index contributed by atoms with van der Waals surface area (Å²) in [6, 6.07) is 0.737. The van der Waals surface area contributed by atoms with Crippen LogP contribution in [0.2, 0.25) is 0 Å². The first-order chi connectivity index (χ1) is 13.9. The van der Waals surface area contributed by atoms with Crippen LogP contribution in [0.15, 0.2) is 4.79 Å². The van der Waals surface area contributed by atoms with Crippen LogP contribution < -0.4 is 5.56 Å². The Kier molecular flexibility index (Phi) is 6.32. The Morgan fingerprint density at radius 3 is 2.62 bits per heavy atom. The molecule has 1 aliphatic heterocycles. The highest BCUT2D eigenvalue weighted by molar-refractivity contribution is 7.99. The number of piperazine rings is 1. The molecule has 3 heterocycles. The summed E-state index contributed by atoms with van der Waals surface area (Å²) in [5.74, 6) is 1.39. The molecule has 0 bridgehead atoms. The largest absolute Gasteiger partial charge is 0.339 e. The van der Waals surface area contributed by atoms with Crippen molar-refractivity contribution in [2.75, 3.05) is 26.2 Å². The van der Waals surface area contributed by atoms with Gasteiger partial charge in [0.2, 0.25) is 5.91 Å².